The van der Waals surface area contributed by atoms with Crippen LogP contribution in [0.2, 0.25) is 0 Å². The molecule has 4 heteroatoms. The summed E-state index contributed by atoms with van der Waals surface area (Å²) in [6.45, 7) is 5.09. The van der Waals surface area contributed by atoms with Crippen LogP contribution in [0, 0.1) is 5.92 Å². The molecular weight excluding hydrogens is 230 g/mol. The molecule has 0 spiro atoms. The number of carboxylic acids is 1. The van der Waals surface area contributed by atoms with Crippen molar-refractivity contribution in [1.29, 1.82) is 0 Å². The van der Waals surface area contributed by atoms with Gasteiger partial charge in [0, 0.05) is 6.04 Å². The summed E-state index contributed by atoms with van der Waals surface area (Å²) in [6.07, 6.45) is 0. The highest BCUT2D eigenvalue weighted by molar-refractivity contribution is 5.84. The van der Waals surface area contributed by atoms with Gasteiger partial charge in [0.15, 0.2) is 0 Å². The lowest BCUT2D eigenvalue weighted by molar-refractivity contribution is -0.142. The van der Waals surface area contributed by atoms with Gasteiger partial charge >= 0.3 is 5.97 Å². The molecule has 0 heterocycles. The van der Waals surface area contributed by atoms with Crippen molar-refractivity contribution < 1.29 is 14.7 Å². The Morgan fingerprint density at radius 1 is 1.11 bits per heavy atom. The van der Waals surface area contributed by atoms with E-state index in [-0.39, 0.29) is 17.9 Å². The molecule has 2 unspecified atom stereocenters. The summed E-state index contributed by atoms with van der Waals surface area (Å²) in [6, 6.07) is 9.03. The number of rotatable bonds is 5. The fraction of sp³-hybridized carbons (Fsp3) is 0.429. The zero-order valence-electron chi connectivity index (χ0n) is 10.9. The summed E-state index contributed by atoms with van der Waals surface area (Å²) in [7, 11) is 0. The van der Waals surface area contributed by atoms with Gasteiger partial charge in [-0.25, -0.2) is 0 Å². The monoisotopic (exact) mass is 249 g/mol. The van der Waals surface area contributed by atoms with Crippen LogP contribution < -0.4 is 5.32 Å². The van der Waals surface area contributed by atoms with E-state index >= 15 is 0 Å². The van der Waals surface area contributed by atoms with E-state index in [2.05, 4.69) is 5.32 Å². The first-order valence-electron chi connectivity index (χ1n) is 6.01. The molecule has 98 valence electrons. The molecule has 1 aromatic rings. The lowest BCUT2D eigenvalue weighted by atomic mass is 9.98. The van der Waals surface area contributed by atoms with Gasteiger partial charge in [0.25, 0.3) is 0 Å². The Kier molecular flexibility index (Phi) is 4.89. The lowest BCUT2D eigenvalue weighted by Crippen LogP contribution is -2.41. The van der Waals surface area contributed by atoms with Gasteiger partial charge < -0.3 is 10.4 Å². The summed E-state index contributed by atoms with van der Waals surface area (Å²) in [5.41, 5.74) is 0.921. The number of carboxylic acid groups (broad SMARTS) is 1. The van der Waals surface area contributed by atoms with Crippen LogP contribution in [0.3, 0.4) is 0 Å². The highest BCUT2D eigenvalue weighted by atomic mass is 16.4. The molecular formula is C14H19NO3. The van der Waals surface area contributed by atoms with Crippen molar-refractivity contribution in [2.45, 2.75) is 32.7 Å². The maximum Gasteiger partial charge on any atom is 0.308 e. The summed E-state index contributed by atoms with van der Waals surface area (Å²) < 4.78 is 0. The Morgan fingerprint density at radius 3 is 2.17 bits per heavy atom. The largest absolute Gasteiger partial charge is 0.481 e. The SMILES string of the molecule is CC(NC(=O)[C@H](C)c1ccccc1)C(C)C(=O)O. The Hall–Kier alpha value is -1.84. The molecule has 0 aliphatic heterocycles. The minimum Gasteiger partial charge on any atom is -0.481 e. The van der Waals surface area contributed by atoms with E-state index in [1.54, 1.807) is 13.8 Å². The van der Waals surface area contributed by atoms with Crippen molar-refractivity contribution >= 4 is 11.9 Å². The number of benzene rings is 1. The highest BCUT2D eigenvalue weighted by Crippen LogP contribution is 2.15. The zero-order chi connectivity index (χ0) is 13.7. The van der Waals surface area contributed by atoms with Crippen molar-refractivity contribution in [3.63, 3.8) is 0 Å². The van der Waals surface area contributed by atoms with Crippen molar-refractivity contribution in [2.24, 2.45) is 5.92 Å². The van der Waals surface area contributed by atoms with Gasteiger partial charge in [0.1, 0.15) is 0 Å². The average Bonchev–Trinajstić information content (AvgIpc) is 2.37. The zero-order valence-corrected chi connectivity index (χ0v) is 10.9. The quantitative estimate of drug-likeness (QED) is 0.839. The standard InChI is InChI=1S/C14H19NO3/c1-9(14(17)18)11(3)15-13(16)10(2)12-7-5-4-6-8-12/h4-11H,1-3H3,(H,15,16)(H,17,18)/t9?,10-,11?/m1/s1. The average molecular weight is 249 g/mol. The van der Waals surface area contributed by atoms with E-state index in [1.807, 2.05) is 37.3 Å². The number of hydrogen-bond donors (Lipinski definition) is 2. The first-order chi connectivity index (χ1) is 8.43. The van der Waals surface area contributed by atoms with Gasteiger partial charge in [-0.05, 0) is 26.3 Å². The molecule has 0 radical (unpaired) electrons. The number of nitrogens with one attached hydrogen (secondary N) is 1. The molecule has 0 saturated heterocycles. The fourth-order valence-electron chi connectivity index (χ4n) is 1.58. The number of hydrogen-bond acceptors (Lipinski definition) is 2. The van der Waals surface area contributed by atoms with Crippen molar-refractivity contribution in [2.75, 3.05) is 0 Å². The van der Waals surface area contributed by atoms with Crippen LogP contribution in [-0.4, -0.2) is 23.0 Å². The van der Waals surface area contributed by atoms with E-state index in [0.29, 0.717) is 0 Å². The summed E-state index contributed by atoms with van der Waals surface area (Å²) in [4.78, 5) is 22.8. The first kappa shape index (κ1) is 14.2. The van der Waals surface area contributed by atoms with Crippen LogP contribution in [0.4, 0.5) is 0 Å². The smallest absolute Gasteiger partial charge is 0.308 e. The van der Waals surface area contributed by atoms with Crippen LogP contribution in [0.25, 0.3) is 0 Å². The second kappa shape index (κ2) is 6.19. The van der Waals surface area contributed by atoms with Crippen molar-refractivity contribution in [3.8, 4) is 0 Å². The molecule has 0 bridgehead atoms. The number of carbonyl (C=O) groups excluding carboxylic acids is 1. The van der Waals surface area contributed by atoms with E-state index in [0.717, 1.165) is 5.56 Å². The molecule has 18 heavy (non-hydrogen) atoms. The van der Waals surface area contributed by atoms with Crippen molar-refractivity contribution in [1.82, 2.24) is 5.32 Å². The normalized spacial score (nSPS) is 15.5. The van der Waals surface area contributed by atoms with Gasteiger partial charge in [-0.3, -0.25) is 9.59 Å². The lowest BCUT2D eigenvalue weighted by Gasteiger charge is -2.20. The molecule has 0 aliphatic rings. The minimum absolute atomic E-state index is 0.151. The van der Waals surface area contributed by atoms with Crippen LogP contribution in [0.5, 0.6) is 0 Å². The molecule has 4 nitrogen and oxygen atoms in total. The van der Waals surface area contributed by atoms with Gasteiger partial charge in [-0.1, -0.05) is 30.3 Å². The molecule has 1 amide bonds. The topological polar surface area (TPSA) is 66.4 Å². The summed E-state index contributed by atoms with van der Waals surface area (Å²) in [5, 5.41) is 11.6. The van der Waals surface area contributed by atoms with Crippen LogP contribution in [0.15, 0.2) is 30.3 Å². The number of carbonyl (C=O) groups is 2. The van der Waals surface area contributed by atoms with E-state index in [9.17, 15) is 9.59 Å². The third-order valence-electron chi connectivity index (χ3n) is 3.20. The second-order valence-electron chi connectivity index (χ2n) is 4.56. The maximum absolute atomic E-state index is 12.0. The minimum atomic E-state index is -0.907. The van der Waals surface area contributed by atoms with E-state index in [4.69, 9.17) is 5.11 Å². The molecule has 0 saturated carbocycles. The first-order valence-corrected chi connectivity index (χ1v) is 6.01. The third-order valence-corrected chi connectivity index (χ3v) is 3.20. The molecule has 0 aromatic heterocycles. The molecule has 3 atom stereocenters. The van der Waals surface area contributed by atoms with E-state index < -0.39 is 11.9 Å². The highest BCUT2D eigenvalue weighted by Gasteiger charge is 2.23. The maximum atomic E-state index is 12.0. The molecule has 2 N–H and O–H groups in total. The summed E-state index contributed by atoms with van der Waals surface area (Å²) in [5.74, 6) is -1.94. The van der Waals surface area contributed by atoms with E-state index in [1.165, 1.54) is 0 Å². The predicted molar refractivity (Wildman–Crippen MR) is 69.3 cm³/mol. The Balaban J connectivity index is 2.63. The van der Waals surface area contributed by atoms with Crippen LogP contribution in [-0.2, 0) is 9.59 Å². The van der Waals surface area contributed by atoms with Gasteiger partial charge in [-0.15, -0.1) is 0 Å². The van der Waals surface area contributed by atoms with Gasteiger partial charge in [0.2, 0.25) is 5.91 Å². The fourth-order valence-corrected chi connectivity index (χ4v) is 1.58. The number of aliphatic carboxylic acids is 1. The van der Waals surface area contributed by atoms with Gasteiger partial charge in [0.05, 0.1) is 11.8 Å². The Bertz CT molecular complexity index is 416. The Labute approximate surface area is 107 Å². The van der Waals surface area contributed by atoms with Gasteiger partial charge in [-0.2, -0.15) is 0 Å². The van der Waals surface area contributed by atoms with Crippen molar-refractivity contribution in [3.05, 3.63) is 35.9 Å². The van der Waals surface area contributed by atoms with Crippen LogP contribution in [0.1, 0.15) is 32.3 Å². The molecule has 0 aliphatic carbocycles. The molecule has 1 aromatic carbocycles. The second-order valence-corrected chi connectivity index (χ2v) is 4.56. The third kappa shape index (κ3) is 3.58. The molecule has 0 fully saturated rings. The summed E-state index contributed by atoms with van der Waals surface area (Å²) >= 11 is 0. The Morgan fingerprint density at radius 2 is 1.67 bits per heavy atom. The number of amides is 1. The predicted octanol–water partition coefficient (Wildman–Crippen LogP) is 2.02. The van der Waals surface area contributed by atoms with Crippen LogP contribution >= 0.6 is 0 Å². The molecule has 1 rings (SSSR count).